The van der Waals surface area contributed by atoms with Crippen LogP contribution in [0.2, 0.25) is 0 Å². The van der Waals surface area contributed by atoms with Crippen molar-refractivity contribution >= 4 is 29.9 Å². The minimum atomic E-state index is 0. The zero-order chi connectivity index (χ0) is 18.7. The zero-order valence-electron chi connectivity index (χ0n) is 15.5. The highest BCUT2D eigenvalue weighted by Crippen LogP contribution is 2.17. The average Bonchev–Trinajstić information content (AvgIpc) is 2.73. The Balaban J connectivity index is 0.00000280. The van der Waals surface area contributed by atoms with Crippen molar-refractivity contribution in [3.8, 4) is 5.88 Å². The minimum Gasteiger partial charge on any atom is -0.473 e. The lowest BCUT2D eigenvalue weighted by Crippen LogP contribution is -2.33. The molecular weight excluding hydrogens is 465 g/mol. The summed E-state index contributed by atoms with van der Waals surface area (Å²) in [5.41, 5.74) is 8.96. The Morgan fingerprint density at radius 2 is 1.75 bits per heavy atom. The molecule has 0 bridgehead atoms. The summed E-state index contributed by atoms with van der Waals surface area (Å²) in [6.45, 7) is 1.55. The van der Waals surface area contributed by atoms with Crippen LogP contribution in [0, 0.1) is 0 Å². The molecule has 0 aliphatic carbocycles. The Morgan fingerprint density at radius 1 is 0.964 bits per heavy atom. The van der Waals surface area contributed by atoms with Gasteiger partial charge in [0.25, 0.3) is 0 Å². The number of benzene rings is 1. The molecule has 3 N–H and O–H groups in total. The van der Waals surface area contributed by atoms with Crippen LogP contribution >= 0.6 is 24.0 Å². The van der Waals surface area contributed by atoms with E-state index < -0.39 is 0 Å². The monoisotopic (exact) mass is 489 g/mol. The Bertz CT molecular complexity index is 859. The number of hydrogen-bond donors (Lipinski definition) is 2. The SMILES string of the molecule is I.NC(=NCc1cccnc1OCc1ccccc1)NCCc1ccccn1. The van der Waals surface area contributed by atoms with Gasteiger partial charge in [0, 0.05) is 36.6 Å². The van der Waals surface area contributed by atoms with Gasteiger partial charge < -0.3 is 15.8 Å². The van der Waals surface area contributed by atoms with Crippen LogP contribution in [-0.2, 0) is 19.6 Å². The minimum absolute atomic E-state index is 0. The number of ether oxygens (including phenoxy) is 1. The first-order valence-electron chi connectivity index (χ1n) is 8.85. The predicted octanol–water partition coefficient (Wildman–Crippen LogP) is 3.32. The van der Waals surface area contributed by atoms with E-state index in [4.69, 9.17) is 10.5 Å². The molecule has 0 radical (unpaired) electrons. The fraction of sp³-hybridized carbons (Fsp3) is 0.190. The lowest BCUT2D eigenvalue weighted by atomic mass is 10.2. The highest BCUT2D eigenvalue weighted by atomic mass is 127. The number of halogens is 1. The number of guanidine groups is 1. The summed E-state index contributed by atoms with van der Waals surface area (Å²) in [5.74, 6) is 0.968. The van der Waals surface area contributed by atoms with E-state index in [0.717, 1.165) is 23.2 Å². The van der Waals surface area contributed by atoms with Gasteiger partial charge in [0.15, 0.2) is 5.96 Å². The number of rotatable bonds is 8. The van der Waals surface area contributed by atoms with Crippen molar-refractivity contribution in [3.05, 3.63) is 89.9 Å². The molecule has 0 saturated heterocycles. The number of hydrogen-bond acceptors (Lipinski definition) is 4. The van der Waals surface area contributed by atoms with Crippen molar-refractivity contribution in [3.63, 3.8) is 0 Å². The Kier molecular flexibility index (Phi) is 9.20. The molecule has 146 valence electrons. The van der Waals surface area contributed by atoms with Gasteiger partial charge in [0.05, 0.1) is 6.54 Å². The van der Waals surface area contributed by atoms with E-state index in [1.807, 2.05) is 60.7 Å². The van der Waals surface area contributed by atoms with Gasteiger partial charge in [-0.15, -0.1) is 24.0 Å². The molecule has 3 aromatic rings. The lowest BCUT2D eigenvalue weighted by molar-refractivity contribution is 0.290. The number of aromatic nitrogens is 2. The van der Waals surface area contributed by atoms with Gasteiger partial charge in [-0.25, -0.2) is 9.98 Å². The highest BCUT2D eigenvalue weighted by Gasteiger charge is 2.05. The topological polar surface area (TPSA) is 85.4 Å². The Labute approximate surface area is 182 Å². The van der Waals surface area contributed by atoms with Gasteiger partial charge in [-0.1, -0.05) is 42.5 Å². The van der Waals surface area contributed by atoms with E-state index in [-0.39, 0.29) is 24.0 Å². The van der Waals surface area contributed by atoms with E-state index in [1.165, 1.54) is 0 Å². The maximum absolute atomic E-state index is 5.96. The molecule has 0 atom stereocenters. The van der Waals surface area contributed by atoms with Crippen LogP contribution in [0.5, 0.6) is 5.88 Å². The van der Waals surface area contributed by atoms with Gasteiger partial charge in [-0.2, -0.15) is 0 Å². The summed E-state index contributed by atoms with van der Waals surface area (Å²) < 4.78 is 5.84. The largest absolute Gasteiger partial charge is 0.473 e. The Morgan fingerprint density at radius 3 is 2.54 bits per heavy atom. The molecule has 28 heavy (non-hydrogen) atoms. The van der Waals surface area contributed by atoms with Gasteiger partial charge in [0.2, 0.25) is 5.88 Å². The first-order valence-corrected chi connectivity index (χ1v) is 8.85. The molecule has 0 spiro atoms. The second-order valence-electron chi connectivity index (χ2n) is 5.94. The highest BCUT2D eigenvalue weighted by molar-refractivity contribution is 14.0. The third kappa shape index (κ3) is 7.15. The molecule has 6 nitrogen and oxygen atoms in total. The second-order valence-corrected chi connectivity index (χ2v) is 5.94. The van der Waals surface area contributed by atoms with Crippen LogP contribution in [0.4, 0.5) is 0 Å². The van der Waals surface area contributed by atoms with E-state index >= 15 is 0 Å². The van der Waals surface area contributed by atoms with E-state index in [0.29, 0.717) is 31.5 Å². The normalized spacial score (nSPS) is 10.8. The van der Waals surface area contributed by atoms with Crippen LogP contribution in [-0.4, -0.2) is 22.5 Å². The van der Waals surface area contributed by atoms with E-state index in [9.17, 15) is 0 Å². The number of nitrogens with zero attached hydrogens (tertiary/aromatic N) is 3. The summed E-state index contributed by atoms with van der Waals surface area (Å²) in [5, 5.41) is 3.11. The summed E-state index contributed by atoms with van der Waals surface area (Å²) in [6.07, 6.45) is 4.28. The maximum atomic E-state index is 5.96. The second kappa shape index (κ2) is 11.9. The number of nitrogens with two attached hydrogens (primary N) is 1. The van der Waals surface area contributed by atoms with E-state index in [2.05, 4.69) is 20.3 Å². The third-order valence-corrected chi connectivity index (χ3v) is 3.90. The first-order chi connectivity index (χ1) is 13.3. The molecule has 3 rings (SSSR count). The molecule has 0 aliphatic rings. The van der Waals surface area contributed by atoms with Crippen LogP contribution in [0.1, 0.15) is 16.8 Å². The van der Waals surface area contributed by atoms with Gasteiger partial charge in [0.1, 0.15) is 6.61 Å². The van der Waals surface area contributed by atoms with Crippen LogP contribution in [0.25, 0.3) is 0 Å². The quantitative estimate of drug-likeness (QED) is 0.288. The van der Waals surface area contributed by atoms with Crippen LogP contribution in [0.15, 0.2) is 78.0 Å². The predicted molar refractivity (Wildman–Crippen MR) is 122 cm³/mol. The van der Waals surface area contributed by atoms with E-state index in [1.54, 1.807) is 12.4 Å². The van der Waals surface area contributed by atoms with Crippen molar-refractivity contribution < 1.29 is 4.74 Å². The molecular formula is C21H24IN5O. The van der Waals surface area contributed by atoms with Crippen molar-refractivity contribution in [2.45, 2.75) is 19.6 Å². The molecule has 1 aromatic carbocycles. The van der Waals surface area contributed by atoms with Crippen molar-refractivity contribution in [1.82, 2.24) is 15.3 Å². The smallest absolute Gasteiger partial charge is 0.218 e. The number of aliphatic imine (C=N–C) groups is 1. The Hall–Kier alpha value is -2.68. The summed E-state index contributed by atoms with van der Waals surface area (Å²) in [6, 6.07) is 19.7. The average molecular weight is 489 g/mol. The number of pyridine rings is 2. The zero-order valence-corrected chi connectivity index (χ0v) is 17.8. The van der Waals surface area contributed by atoms with Crippen LogP contribution in [0.3, 0.4) is 0 Å². The van der Waals surface area contributed by atoms with Crippen molar-refractivity contribution in [2.75, 3.05) is 6.54 Å². The molecule has 2 aromatic heterocycles. The lowest BCUT2D eigenvalue weighted by Gasteiger charge is -2.10. The molecule has 0 fully saturated rings. The molecule has 2 heterocycles. The molecule has 7 heteroatoms. The first kappa shape index (κ1) is 21.6. The van der Waals surface area contributed by atoms with Crippen LogP contribution < -0.4 is 15.8 Å². The van der Waals surface area contributed by atoms with Gasteiger partial charge >= 0.3 is 0 Å². The molecule has 0 amide bonds. The fourth-order valence-corrected chi connectivity index (χ4v) is 2.49. The summed E-state index contributed by atoms with van der Waals surface area (Å²) in [4.78, 5) is 13.0. The third-order valence-electron chi connectivity index (χ3n) is 3.90. The summed E-state index contributed by atoms with van der Waals surface area (Å²) in [7, 11) is 0. The maximum Gasteiger partial charge on any atom is 0.218 e. The fourth-order valence-electron chi connectivity index (χ4n) is 2.49. The van der Waals surface area contributed by atoms with Gasteiger partial charge in [-0.3, -0.25) is 4.98 Å². The standard InChI is InChI=1S/C21H23N5O.HI/c22-21(25-14-11-19-10-4-5-12-23-19)26-15-18-9-6-13-24-20(18)27-16-17-7-2-1-3-8-17;/h1-10,12-13H,11,14-16H2,(H3,22,25,26);1H. The van der Waals surface area contributed by atoms with Crippen molar-refractivity contribution in [1.29, 1.82) is 0 Å². The van der Waals surface area contributed by atoms with Gasteiger partial charge in [-0.05, 0) is 23.8 Å². The number of nitrogens with one attached hydrogen (secondary N) is 1. The summed E-state index contributed by atoms with van der Waals surface area (Å²) >= 11 is 0. The molecule has 0 unspecified atom stereocenters. The molecule has 0 aliphatic heterocycles. The van der Waals surface area contributed by atoms with Crippen molar-refractivity contribution in [2.24, 2.45) is 10.7 Å². The molecule has 0 saturated carbocycles.